The summed E-state index contributed by atoms with van der Waals surface area (Å²) in [6.07, 6.45) is 1.85. The second-order valence-electron chi connectivity index (χ2n) is 8.78. The van der Waals surface area contributed by atoms with Gasteiger partial charge in [0, 0.05) is 29.0 Å². The molecule has 0 spiro atoms. The third-order valence-electron chi connectivity index (χ3n) is 6.52. The van der Waals surface area contributed by atoms with Crippen LogP contribution < -0.4 is 10.2 Å². The first-order valence-corrected chi connectivity index (χ1v) is 11.7. The highest BCUT2D eigenvalue weighted by Crippen LogP contribution is 2.44. The molecule has 2 atom stereocenters. The molecule has 0 amide bonds. The van der Waals surface area contributed by atoms with E-state index in [2.05, 4.69) is 103 Å². The number of aromatic nitrogens is 2. The first-order chi connectivity index (χ1) is 16.0. The summed E-state index contributed by atoms with van der Waals surface area (Å²) >= 11 is 5.90. The number of benzene rings is 2. The lowest BCUT2D eigenvalue weighted by molar-refractivity contribution is 0.565. The Morgan fingerprint density at radius 1 is 0.879 bits per heavy atom. The van der Waals surface area contributed by atoms with E-state index >= 15 is 0 Å². The first kappa shape index (κ1) is 21.4. The zero-order valence-corrected chi connectivity index (χ0v) is 20.2. The predicted octanol–water partition coefficient (Wildman–Crippen LogP) is 6.28. The van der Waals surface area contributed by atoms with E-state index in [1.807, 2.05) is 18.3 Å². The Balaban J connectivity index is 1.70. The molecule has 5 rings (SSSR count). The number of nitrogens with zero attached hydrogens (tertiary/aromatic N) is 3. The van der Waals surface area contributed by atoms with Gasteiger partial charge in [-0.3, -0.25) is 4.98 Å². The quantitative estimate of drug-likeness (QED) is 0.369. The summed E-state index contributed by atoms with van der Waals surface area (Å²) in [6.45, 7) is 8.66. The molecule has 4 nitrogen and oxygen atoms in total. The summed E-state index contributed by atoms with van der Waals surface area (Å²) in [5.74, 6) is 0. The van der Waals surface area contributed by atoms with E-state index in [0.29, 0.717) is 0 Å². The molecule has 33 heavy (non-hydrogen) atoms. The molecule has 166 valence electrons. The molecule has 1 N–H and O–H groups in total. The topological polar surface area (TPSA) is 33.1 Å². The Labute approximate surface area is 200 Å². The van der Waals surface area contributed by atoms with Gasteiger partial charge in [0.15, 0.2) is 5.11 Å². The minimum atomic E-state index is -0.0509. The third-order valence-corrected chi connectivity index (χ3v) is 6.84. The van der Waals surface area contributed by atoms with Crippen LogP contribution in [0.15, 0.2) is 79.0 Å². The number of rotatable bonds is 4. The minimum Gasteiger partial charge on any atom is -0.351 e. The Kier molecular flexibility index (Phi) is 5.51. The molecule has 1 saturated heterocycles. The number of thiocarbonyl (C=S) groups is 1. The summed E-state index contributed by atoms with van der Waals surface area (Å²) in [5.41, 5.74) is 9.43. The number of hydrogen-bond acceptors (Lipinski definition) is 2. The van der Waals surface area contributed by atoms with Crippen LogP contribution >= 0.6 is 12.2 Å². The van der Waals surface area contributed by atoms with Crippen molar-refractivity contribution in [3.05, 3.63) is 113 Å². The average molecular weight is 453 g/mol. The Bertz CT molecular complexity index is 1320. The lowest BCUT2D eigenvalue weighted by Crippen LogP contribution is -2.29. The first-order valence-electron chi connectivity index (χ1n) is 11.3. The number of hydrogen-bond donors (Lipinski definition) is 1. The van der Waals surface area contributed by atoms with Crippen molar-refractivity contribution in [2.45, 2.75) is 39.8 Å². The number of anilines is 1. The van der Waals surface area contributed by atoms with Crippen molar-refractivity contribution < 1.29 is 0 Å². The van der Waals surface area contributed by atoms with Crippen LogP contribution in [0, 0.1) is 27.7 Å². The van der Waals surface area contributed by atoms with Crippen LogP contribution in [0.3, 0.4) is 0 Å². The lowest BCUT2D eigenvalue weighted by atomic mass is 9.96. The van der Waals surface area contributed by atoms with E-state index in [9.17, 15) is 0 Å². The molecule has 3 heterocycles. The van der Waals surface area contributed by atoms with Gasteiger partial charge in [-0.25, -0.2) is 0 Å². The van der Waals surface area contributed by atoms with Crippen molar-refractivity contribution in [2.75, 3.05) is 4.90 Å². The van der Waals surface area contributed by atoms with Crippen LogP contribution in [0.5, 0.6) is 0 Å². The van der Waals surface area contributed by atoms with Crippen molar-refractivity contribution in [1.29, 1.82) is 0 Å². The van der Waals surface area contributed by atoms with Gasteiger partial charge in [0.25, 0.3) is 0 Å². The van der Waals surface area contributed by atoms with E-state index in [1.165, 1.54) is 33.8 Å². The van der Waals surface area contributed by atoms with Gasteiger partial charge in [-0.1, -0.05) is 36.4 Å². The molecule has 0 saturated carbocycles. The van der Waals surface area contributed by atoms with Gasteiger partial charge in [0.1, 0.15) is 0 Å². The summed E-state index contributed by atoms with van der Waals surface area (Å²) in [5, 5.41) is 4.30. The van der Waals surface area contributed by atoms with E-state index in [0.717, 1.165) is 16.5 Å². The van der Waals surface area contributed by atoms with Gasteiger partial charge >= 0.3 is 0 Å². The minimum absolute atomic E-state index is 0.0156. The van der Waals surface area contributed by atoms with Gasteiger partial charge < -0.3 is 14.8 Å². The van der Waals surface area contributed by atoms with Gasteiger partial charge in [-0.15, -0.1) is 0 Å². The van der Waals surface area contributed by atoms with Crippen molar-refractivity contribution in [1.82, 2.24) is 14.9 Å². The van der Waals surface area contributed by atoms with Crippen LogP contribution in [0.2, 0.25) is 0 Å². The van der Waals surface area contributed by atoms with Gasteiger partial charge in [0.05, 0.1) is 17.8 Å². The maximum atomic E-state index is 5.90. The highest BCUT2D eigenvalue weighted by Gasteiger charge is 2.42. The summed E-state index contributed by atoms with van der Waals surface area (Å²) in [7, 11) is 0. The molecule has 1 fully saturated rings. The maximum Gasteiger partial charge on any atom is 0.174 e. The van der Waals surface area contributed by atoms with Gasteiger partial charge in [-0.05, 0) is 93.0 Å². The SMILES string of the molecule is Cc1cccc(N2C(=S)N[C@@H](c3ccccn3)[C@H]2c2cc(C)n(-c3ccccc3C)c2C)c1. The Morgan fingerprint density at radius 2 is 1.67 bits per heavy atom. The summed E-state index contributed by atoms with van der Waals surface area (Å²) in [6, 6.07) is 25.4. The fourth-order valence-electron chi connectivity index (χ4n) is 5.00. The van der Waals surface area contributed by atoms with E-state index in [-0.39, 0.29) is 12.1 Å². The smallest absolute Gasteiger partial charge is 0.174 e. The highest BCUT2D eigenvalue weighted by atomic mass is 32.1. The zero-order chi connectivity index (χ0) is 23.1. The highest BCUT2D eigenvalue weighted by molar-refractivity contribution is 7.80. The number of aryl methyl sites for hydroxylation is 3. The second kappa shape index (κ2) is 8.49. The molecule has 0 aliphatic carbocycles. The van der Waals surface area contributed by atoms with Crippen molar-refractivity contribution in [3.63, 3.8) is 0 Å². The monoisotopic (exact) mass is 452 g/mol. The summed E-state index contributed by atoms with van der Waals surface area (Å²) < 4.78 is 2.36. The fraction of sp³-hybridized carbons (Fsp3) is 0.214. The lowest BCUT2D eigenvalue weighted by Gasteiger charge is -2.28. The van der Waals surface area contributed by atoms with Gasteiger partial charge in [-0.2, -0.15) is 0 Å². The number of pyridine rings is 1. The van der Waals surface area contributed by atoms with Gasteiger partial charge in [0.2, 0.25) is 0 Å². The van der Waals surface area contributed by atoms with Crippen LogP contribution in [-0.4, -0.2) is 14.7 Å². The largest absolute Gasteiger partial charge is 0.351 e. The Morgan fingerprint density at radius 3 is 2.39 bits per heavy atom. The third kappa shape index (κ3) is 3.72. The van der Waals surface area contributed by atoms with E-state index in [4.69, 9.17) is 17.2 Å². The molecule has 2 aromatic heterocycles. The van der Waals surface area contributed by atoms with Crippen molar-refractivity contribution >= 4 is 23.0 Å². The number of para-hydroxylation sites is 1. The molecule has 2 aromatic carbocycles. The molecular weight excluding hydrogens is 424 g/mol. The van der Waals surface area contributed by atoms with E-state index < -0.39 is 0 Å². The molecule has 0 bridgehead atoms. The predicted molar refractivity (Wildman–Crippen MR) is 139 cm³/mol. The average Bonchev–Trinajstić information content (AvgIpc) is 3.30. The normalized spacial score (nSPS) is 17.9. The fourth-order valence-corrected chi connectivity index (χ4v) is 5.34. The maximum absolute atomic E-state index is 5.90. The van der Waals surface area contributed by atoms with Crippen LogP contribution in [0.1, 0.15) is 45.9 Å². The van der Waals surface area contributed by atoms with Crippen molar-refractivity contribution in [2.24, 2.45) is 0 Å². The number of nitrogens with one attached hydrogen (secondary N) is 1. The molecule has 1 aliphatic rings. The van der Waals surface area contributed by atoms with Crippen molar-refractivity contribution in [3.8, 4) is 5.69 Å². The molecule has 0 unspecified atom stereocenters. The standard InChI is InChI=1S/C28H28N4S/c1-18-10-9-12-22(16-18)32-27(26(30-28(32)33)24-13-7-8-15-29-24)23-17-20(3)31(21(23)4)25-14-6-5-11-19(25)2/h5-17,26-27H,1-4H3,(H,30,33)/t26-,27+/m0/s1. The van der Waals surface area contributed by atoms with Crippen LogP contribution in [0.4, 0.5) is 5.69 Å². The molecular formula is C28H28N4S. The second-order valence-corrected chi connectivity index (χ2v) is 9.17. The zero-order valence-electron chi connectivity index (χ0n) is 19.4. The van der Waals surface area contributed by atoms with E-state index in [1.54, 1.807) is 0 Å². The molecule has 0 radical (unpaired) electrons. The molecule has 4 aromatic rings. The van der Waals surface area contributed by atoms with Crippen LogP contribution in [0.25, 0.3) is 5.69 Å². The molecule has 1 aliphatic heterocycles. The molecule has 5 heteroatoms. The Hall–Kier alpha value is -3.44. The van der Waals surface area contributed by atoms with Crippen LogP contribution in [-0.2, 0) is 0 Å². The summed E-state index contributed by atoms with van der Waals surface area (Å²) in [4.78, 5) is 6.95.